The zero-order valence-corrected chi connectivity index (χ0v) is 9.11. The lowest BCUT2D eigenvalue weighted by Gasteiger charge is -1.89. The van der Waals surface area contributed by atoms with Gasteiger partial charge in [0, 0.05) is 9.75 Å². The Morgan fingerprint density at radius 3 is 2.79 bits per heavy atom. The van der Waals surface area contributed by atoms with Crippen LogP contribution in [0, 0.1) is 6.92 Å². The van der Waals surface area contributed by atoms with Gasteiger partial charge in [0.2, 0.25) is 0 Å². The van der Waals surface area contributed by atoms with Crippen molar-refractivity contribution in [3.63, 3.8) is 0 Å². The third-order valence-electron chi connectivity index (χ3n) is 1.67. The molecule has 0 saturated heterocycles. The van der Waals surface area contributed by atoms with Gasteiger partial charge in [-0.15, -0.1) is 11.3 Å². The molecule has 2 rings (SSSR count). The number of nitrogens with two attached hydrogens (primary N) is 1. The van der Waals surface area contributed by atoms with Gasteiger partial charge in [-0.05, 0) is 36.9 Å². The first kappa shape index (κ1) is 9.48. The summed E-state index contributed by atoms with van der Waals surface area (Å²) in [5.41, 5.74) is 5.43. The molecule has 0 radical (unpaired) electrons. The highest BCUT2D eigenvalue weighted by Gasteiger charge is 2.19. The van der Waals surface area contributed by atoms with E-state index in [9.17, 15) is 4.79 Å². The molecular weight excluding hydrogens is 216 g/mol. The highest BCUT2D eigenvalue weighted by Crippen LogP contribution is 2.28. The van der Waals surface area contributed by atoms with Crippen molar-refractivity contribution in [2.75, 3.05) is 0 Å². The first-order valence-electron chi connectivity index (χ1n) is 3.99. The van der Waals surface area contributed by atoms with E-state index in [1.54, 1.807) is 11.3 Å². The van der Waals surface area contributed by atoms with Gasteiger partial charge in [0.1, 0.15) is 0 Å². The number of thiophene rings is 1. The molecule has 3 nitrogen and oxygen atoms in total. The van der Waals surface area contributed by atoms with E-state index in [1.807, 2.05) is 25.1 Å². The van der Waals surface area contributed by atoms with Gasteiger partial charge in [0.05, 0.1) is 4.91 Å². The number of nitrogens with zero attached hydrogens (tertiary/aromatic N) is 1. The molecule has 1 aliphatic heterocycles. The number of amides is 1. The number of aliphatic imine (C=N–C) groups is 1. The topological polar surface area (TPSA) is 55.4 Å². The van der Waals surface area contributed by atoms with Gasteiger partial charge in [-0.2, -0.15) is 4.99 Å². The van der Waals surface area contributed by atoms with Crippen LogP contribution < -0.4 is 5.73 Å². The Morgan fingerprint density at radius 2 is 2.29 bits per heavy atom. The molecule has 1 aliphatic rings. The average molecular weight is 224 g/mol. The number of amidine groups is 1. The smallest absolute Gasteiger partial charge is 0.286 e. The molecular formula is C9H8N2OS2. The van der Waals surface area contributed by atoms with Crippen LogP contribution in [-0.2, 0) is 4.79 Å². The highest BCUT2D eigenvalue weighted by molar-refractivity contribution is 8.18. The molecule has 0 aromatic carbocycles. The number of carbonyl (C=O) groups is 1. The van der Waals surface area contributed by atoms with Crippen molar-refractivity contribution in [2.24, 2.45) is 10.7 Å². The molecule has 0 unspecified atom stereocenters. The fourth-order valence-electron chi connectivity index (χ4n) is 1.09. The Labute approximate surface area is 89.7 Å². The zero-order chi connectivity index (χ0) is 10.1. The van der Waals surface area contributed by atoms with Crippen LogP contribution in [0.3, 0.4) is 0 Å². The van der Waals surface area contributed by atoms with Gasteiger partial charge in [-0.1, -0.05) is 0 Å². The minimum absolute atomic E-state index is 0.237. The fraction of sp³-hybridized carbons (Fsp3) is 0.111. The van der Waals surface area contributed by atoms with Gasteiger partial charge in [0.25, 0.3) is 5.91 Å². The monoisotopic (exact) mass is 224 g/mol. The number of carbonyl (C=O) groups excluding carboxylic acids is 1. The van der Waals surface area contributed by atoms with E-state index < -0.39 is 0 Å². The van der Waals surface area contributed by atoms with Crippen molar-refractivity contribution in [1.82, 2.24) is 0 Å². The lowest BCUT2D eigenvalue weighted by Crippen LogP contribution is -2.01. The molecule has 0 fully saturated rings. The predicted molar refractivity (Wildman–Crippen MR) is 61.3 cm³/mol. The summed E-state index contributed by atoms with van der Waals surface area (Å²) in [6.07, 6.45) is 1.83. The summed E-state index contributed by atoms with van der Waals surface area (Å²) < 4.78 is 0. The molecule has 1 amide bonds. The number of thioether (sulfide) groups is 1. The third-order valence-corrected chi connectivity index (χ3v) is 3.43. The largest absolute Gasteiger partial charge is 0.378 e. The van der Waals surface area contributed by atoms with E-state index in [-0.39, 0.29) is 5.91 Å². The molecule has 14 heavy (non-hydrogen) atoms. The number of rotatable bonds is 1. The van der Waals surface area contributed by atoms with Crippen LogP contribution >= 0.6 is 23.1 Å². The summed E-state index contributed by atoms with van der Waals surface area (Å²) in [5.74, 6) is -0.237. The zero-order valence-electron chi connectivity index (χ0n) is 7.48. The van der Waals surface area contributed by atoms with Crippen LogP contribution in [0.5, 0.6) is 0 Å². The average Bonchev–Trinajstić information content (AvgIpc) is 2.61. The van der Waals surface area contributed by atoms with E-state index in [4.69, 9.17) is 5.73 Å². The van der Waals surface area contributed by atoms with Crippen molar-refractivity contribution in [2.45, 2.75) is 6.92 Å². The molecule has 0 spiro atoms. The minimum Gasteiger partial charge on any atom is -0.378 e. The Kier molecular flexibility index (Phi) is 2.43. The standard InChI is InChI=1S/C9H8N2OS2/c1-5-2-3-6(13-5)4-7-8(12)11-9(10)14-7/h2-4H,1H3,(H2,10,11,12)/b7-4-. The third kappa shape index (κ3) is 1.88. The predicted octanol–water partition coefficient (Wildman–Crippen LogP) is 1.99. The Bertz CT molecular complexity index is 445. The van der Waals surface area contributed by atoms with Gasteiger partial charge in [0.15, 0.2) is 5.17 Å². The number of hydrogen-bond donors (Lipinski definition) is 1. The van der Waals surface area contributed by atoms with Crippen LogP contribution in [0.15, 0.2) is 22.0 Å². The minimum atomic E-state index is -0.237. The highest BCUT2D eigenvalue weighted by atomic mass is 32.2. The molecule has 5 heteroatoms. The van der Waals surface area contributed by atoms with Crippen molar-refractivity contribution in [3.05, 3.63) is 26.8 Å². The van der Waals surface area contributed by atoms with E-state index in [0.29, 0.717) is 10.1 Å². The quantitative estimate of drug-likeness (QED) is 0.742. The summed E-state index contributed by atoms with van der Waals surface area (Å²) in [7, 11) is 0. The second kappa shape index (κ2) is 3.59. The summed E-state index contributed by atoms with van der Waals surface area (Å²) >= 11 is 2.87. The second-order valence-corrected chi connectivity index (χ2v) is 5.20. The number of hydrogen-bond acceptors (Lipinski definition) is 4. The fourth-order valence-corrected chi connectivity index (χ4v) is 2.65. The molecule has 1 aromatic rings. The first-order valence-corrected chi connectivity index (χ1v) is 5.63. The van der Waals surface area contributed by atoms with Crippen molar-refractivity contribution in [3.8, 4) is 0 Å². The Hall–Kier alpha value is -1.07. The van der Waals surface area contributed by atoms with E-state index in [0.717, 1.165) is 4.88 Å². The van der Waals surface area contributed by atoms with Gasteiger partial charge in [-0.25, -0.2) is 0 Å². The summed E-state index contributed by atoms with van der Waals surface area (Å²) in [6.45, 7) is 2.03. The molecule has 1 aromatic heterocycles. The van der Waals surface area contributed by atoms with Gasteiger partial charge >= 0.3 is 0 Å². The molecule has 0 saturated carbocycles. The normalized spacial score (nSPS) is 19.1. The Balaban J connectivity index is 2.25. The number of aryl methyl sites for hydroxylation is 1. The lowest BCUT2D eigenvalue weighted by atomic mass is 10.4. The van der Waals surface area contributed by atoms with Crippen LogP contribution in [0.1, 0.15) is 9.75 Å². The van der Waals surface area contributed by atoms with Crippen LogP contribution in [-0.4, -0.2) is 11.1 Å². The second-order valence-electron chi connectivity index (χ2n) is 2.81. The van der Waals surface area contributed by atoms with E-state index in [2.05, 4.69) is 4.99 Å². The summed E-state index contributed by atoms with van der Waals surface area (Å²) in [6, 6.07) is 4.00. The van der Waals surface area contributed by atoms with Gasteiger partial charge < -0.3 is 5.73 Å². The summed E-state index contributed by atoms with van der Waals surface area (Å²) in [4.78, 5) is 17.8. The van der Waals surface area contributed by atoms with Crippen LogP contribution in [0.2, 0.25) is 0 Å². The maximum atomic E-state index is 11.2. The van der Waals surface area contributed by atoms with Crippen LogP contribution in [0.25, 0.3) is 6.08 Å². The summed E-state index contributed by atoms with van der Waals surface area (Å²) in [5, 5.41) is 0.328. The van der Waals surface area contributed by atoms with Crippen molar-refractivity contribution in [1.29, 1.82) is 0 Å². The van der Waals surface area contributed by atoms with Crippen molar-refractivity contribution >= 4 is 40.2 Å². The Morgan fingerprint density at radius 1 is 1.50 bits per heavy atom. The molecule has 72 valence electrons. The molecule has 2 heterocycles. The molecule has 2 N–H and O–H groups in total. The molecule has 0 aliphatic carbocycles. The van der Waals surface area contributed by atoms with Crippen LogP contribution in [0.4, 0.5) is 0 Å². The molecule has 0 bridgehead atoms. The molecule has 0 atom stereocenters. The maximum absolute atomic E-state index is 11.2. The van der Waals surface area contributed by atoms with E-state index in [1.165, 1.54) is 16.6 Å². The lowest BCUT2D eigenvalue weighted by molar-refractivity contribution is -0.113. The first-order chi connectivity index (χ1) is 6.65. The van der Waals surface area contributed by atoms with Gasteiger partial charge in [-0.3, -0.25) is 4.79 Å². The van der Waals surface area contributed by atoms with E-state index >= 15 is 0 Å². The maximum Gasteiger partial charge on any atom is 0.286 e. The SMILES string of the molecule is Cc1ccc(/C=C2\SC(N)=NC2=O)s1. The van der Waals surface area contributed by atoms with Crippen molar-refractivity contribution < 1.29 is 4.79 Å².